The van der Waals surface area contributed by atoms with Crippen LogP contribution in [0.2, 0.25) is 0 Å². The first kappa shape index (κ1) is 15.0. The number of ether oxygens (including phenoxy) is 1. The van der Waals surface area contributed by atoms with Crippen molar-refractivity contribution in [2.24, 2.45) is 0 Å². The average molecular weight is 291 g/mol. The van der Waals surface area contributed by atoms with E-state index in [-0.39, 0.29) is 11.7 Å². The summed E-state index contributed by atoms with van der Waals surface area (Å²) in [5.74, 6) is -0.927. The lowest BCUT2D eigenvalue weighted by Gasteiger charge is -2.16. The van der Waals surface area contributed by atoms with E-state index in [0.717, 1.165) is 0 Å². The quantitative estimate of drug-likeness (QED) is 0.861. The second-order valence-corrected chi connectivity index (χ2v) is 4.93. The van der Waals surface area contributed by atoms with Gasteiger partial charge in [0.25, 0.3) is 0 Å². The molecule has 0 aliphatic carbocycles. The second-order valence-electron chi connectivity index (χ2n) is 4.93. The maximum absolute atomic E-state index is 13.7. The largest absolute Gasteiger partial charge is 0.467 e. The Morgan fingerprint density at radius 3 is 2.67 bits per heavy atom. The highest BCUT2D eigenvalue weighted by Crippen LogP contribution is 2.23. The first-order valence-electron chi connectivity index (χ1n) is 6.66. The fourth-order valence-electron chi connectivity index (χ4n) is 1.91. The molecule has 0 saturated carbocycles. The summed E-state index contributed by atoms with van der Waals surface area (Å²) in [6.45, 7) is 3.96. The van der Waals surface area contributed by atoms with Gasteiger partial charge in [0.1, 0.15) is 5.82 Å². The molecule has 1 unspecified atom stereocenters. The minimum Gasteiger partial charge on any atom is -0.467 e. The number of carbonyl (C=O) groups is 1. The smallest absolute Gasteiger partial charge is 0.333 e. The molecule has 2 aromatic rings. The molecule has 1 aromatic heterocycles. The van der Waals surface area contributed by atoms with Crippen molar-refractivity contribution in [3.05, 3.63) is 48.0 Å². The van der Waals surface area contributed by atoms with Gasteiger partial charge >= 0.3 is 5.97 Å². The van der Waals surface area contributed by atoms with Crippen molar-refractivity contribution in [3.8, 4) is 0 Å². The lowest BCUT2D eigenvalue weighted by atomic mass is 10.1. The Kier molecular flexibility index (Phi) is 4.57. The Hall–Kier alpha value is -2.37. The van der Waals surface area contributed by atoms with Gasteiger partial charge in [-0.05, 0) is 26.0 Å². The molecule has 1 heterocycles. The van der Waals surface area contributed by atoms with Gasteiger partial charge in [-0.2, -0.15) is 5.10 Å². The molecule has 2 rings (SSSR count). The summed E-state index contributed by atoms with van der Waals surface area (Å²) in [7, 11) is 1.30. The van der Waals surface area contributed by atoms with Crippen molar-refractivity contribution in [2.75, 3.05) is 12.4 Å². The van der Waals surface area contributed by atoms with E-state index in [1.807, 2.05) is 13.8 Å². The summed E-state index contributed by atoms with van der Waals surface area (Å²) < 4.78 is 20.2. The Morgan fingerprint density at radius 1 is 1.38 bits per heavy atom. The van der Waals surface area contributed by atoms with Crippen molar-refractivity contribution >= 4 is 11.7 Å². The summed E-state index contributed by atoms with van der Waals surface area (Å²) in [5, 5.41) is 7.06. The molecule has 1 aromatic carbocycles. The minimum absolute atomic E-state index is 0.172. The van der Waals surface area contributed by atoms with E-state index in [1.165, 1.54) is 13.2 Å². The van der Waals surface area contributed by atoms with Crippen molar-refractivity contribution in [1.29, 1.82) is 0 Å². The number of anilines is 1. The van der Waals surface area contributed by atoms with Crippen LogP contribution in [0.1, 0.15) is 31.5 Å². The molecule has 21 heavy (non-hydrogen) atoms. The average Bonchev–Trinajstić information content (AvgIpc) is 2.95. The van der Waals surface area contributed by atoms with E-state index in [1.54, 1.807) is 35.3 Å². The SMILES string of the molecule is COC(=O)C(Nc1ccccc1F)c1cnn(C(C)C)c1. The highest BCUT2D eigenvalue weighted by molar-refractivity contribution is 5.80. The third-order valence-corrected chi connectivity index (χ3v) is 3.09. The topological polar surface area (TPSA) is 56.1 Å². The maximum atomic E-state index is 13.7. The number of para-hydroxylation sites is 1. The molecule has 1 N–H and O–H groups in total. The Balaban J connectivity index is 2.30. The van der Waals surface area contributed by atoms with Gasteiger partial charge in [0.2, 0.25) is 0 Å². The molecule has 0 spiro atoms. The molecule has 5 nitrogen and oxygen atoms in total. The van der Waals surface area contributed by atoms with E-state index in [0.29, 0.717) is 5.56 Å². The monoisotopic (exact) mass is 291 g/mol. The first-order chi connectivity index (χ1) is 10.0. The van der Waals surface area contributed by atoms with Gasteiger partial charge in [0.15, 0.2) is 6.04 Å². The molecule has 1 atom stereocenters. The maximum Gasteiger partial charge on any atom is 0.333 e. The standard InChI is InChI=1S/C15H18FN3O2/c1-10(2)19-9-11(8-17-19)14(15(20)21-3)18-13-7-5-4-6-12(13)16/h4-10,14,18H,1-3H3. The van der Waals surface area contributed by atoms with Gasteiger partial charge in [-0.1, -0.05) is 12.1 Å². The van der Waals surface area contributed by atoms with E-state index >= 15 is 0 Å². The predicted molar refractivity (Wildman–Crippen MR) is 77.4 cm³/mol. The molecular formula is C15H18FN3O2. The summed E-state index contributed by atoms with van der Waals surface area (Å²) in [6, 6.07) is 5.54. The van der Waals surface area contributed by atoms with Crippen LogP contribution >= 0.6 is 0 Å². The molecule has 0 amide bonds. The van der Waals surface area contributed by atoms with E-state index < -0.39 is 17.8 Å². The summed E-state index contributed by atoms with van der Waals surface area (Å²) in [6.07, 6.45) is 3.33. The number of aromatic nitrogens is 2. The Morgan fingerprint density at radius 2 is 2.10 bits per heavy atom. The summed E-state index contributed by atoms with van der Waals surface area (Å²) in [4.78, 5) is 12.0. The molecule has 0 bridgehead atoms. The summed E-state index contributed by atoms with van der Waals surface area (Å²) >= 11 is 0. The van der Waals surface area contributed by atoms with Crippen LogP contribution in [0.5, 0.6) is 0 Å². The van der Waals surface area contributed by atoms with Crippen LogP contribution in [-0.2, 0) is 9.53 Å². The van der Waals surface area contributed by atoms with Crippen molar-refractivity contribution in [1.82, 2.24) is 9.78 Å². The van der Waals surface area contributed by atoms with Crippen LogP contribution in [0.3, 0.4) is 0 Å². The first-order valence-corrected chi connectivity index (χ1v) is 6.66. The zero-order valence-electron chi connectivity index (χ0n) is 12.2. The number of benzene rings is 1. The van der Waals surface area contributed by atoms with Gasteiger partial charge in [0.05, 0.1) is 19.0 Å². The van der Waals surface area contributed by atoms with E-state index in [2.05, 4.69) is 10.4 Å². The highest BCUT2D eigenvalue weighted by atomic mass is 19.1. The summed E-state index contributed by atoms with van der Waals surface area (Å²) in [5.41, 5.74) is 0.865. The number of halogens is 1. The Labute approximate surface area is 122 Å². The molecule has 0 aliphatic rings. The molecule has 0 fully saturated rings. The third kappa shape index (κ3) is 3.39. The van der Waals surface area contributed by atoms with Crippen LogP contribution in [-0.4, -0.2) is 22.9 Å². The van der Waals surface area contributed by atoms with Crippen LogP contribution in [0.4, 0.5) is 10.1 Å². The van der Waals surface area contributed by atoms with E-state index in [9.17, 15) is 9.18 Å². The number of nitrogens with one attached hydrogen (secondary N) is 1. The molecular weight excluding hydrogens is 273 g/mol. The lowest BCUT2D eigenvalue weighted by molar-refractivity contribution is -0.141. The van der Waals surface area contributed by atoms with Gasteiger partial charge in [-0.25, -0.2) is 9.18 Å². The second kappa shape index (κ2) is 6.39. The number of rotatable bonds is 5. The molecule has 0 aliphatic heterocycles. The molecule has 112 valence electrons. The van der Waals surface area contributed by atoms with Gasteiger partial charge in [-0.15, -0.1) is 0 Å². The normalized spacial score (nSPS) is 12.2. The van der Waals surface area contributed by atoms with Gasteiger partial charge in [0, 0.05) is 17.8 Å². The predicted octanol–water partition coefficient (Wildman–Crippen LogP) is 2.93. The third-order valence-electron chi connectivity index (χ3n) is 3.09. The number of hydrogen-bond acceptors (Lipinski definition) is 4. The van der Waals surface area contributed by atoms with Crippen LogP contribution in [0.15, 0.2) is 36.7 Å². The zero-order valence-corrected chi connectivity index (χ0v) is 12.2. The fraction of sp³-hybridized carbons (Fsp3) is 0.333. The van der Waals surface area contributed by atoms with Crippen LogP contribution < -0.4 is 5.32 Å². The molecule has 0 radical (unpaired) electrons. The molecule has 6 heteroatoms. The fourth-order valence-corrected chi connectivity index (χ4v) is 1.91. The van der Waals surface area contributed by atoms with Crippen molar-refractivity contribution in [2.45, 2.75) is 25.9 Å². The number of nitrogens with zero attached hydrogens (tertiary/aromatic N) is 2. The number of esters is 1. The molecule has 0 saturated heterocycles. The minimum atomic E-state index is -0.806. The van der Waals surface area contributed by atoms with Crippen LogP contribution in [0.25, 0.3) is 0 Å². The number of carbonyl (C=O) groups excluding carboxylic acids is 1. The van der Waals surface area contributed by atoms with Gasteiger partial charge < -0.3 is 10.1 Å². The highest BCUT2D eigenvalue weighted by Gasteiger charge is 2.24. The number of hydrogen-bond donors (Lipinski definition) is 1. The van der Waals surface area contributed by atoms with Crippen molar-refractivity contribution < 1.29 is 13.9 Å². The van der Waals surface area contributed by atoms with Gasteiger partial charge in [-0.3, -0.25) is 4.68 Å². The van der Waals surface area contributed by atoms with Crippen LogP contribution in [0, 0.1) is 5.82 Å². The van der Waals surface area contributed by atoms with E-state index in [4.69, 9.17) is 4.74 Å². The van der Waals surface area contributed by atoms with Crippen molar-refractivity contribution in [3.63, 3.8) is 0 Å². The number of methoxy groups -OCH3 is 1. The lowest BCUT2D eigenvalue weighted by Crippen LogP contribution is -2.22. The zero-order chi connectivity index (χ0) is 15.4. The Bertz CT molecular complexity index is 625.